The lowest BCUT2D eigenvalue weighted by Gasteiger charge is -2.08. The molecule has 2 N–H and O–H groups in total. The van der Waals surface area contributed by atoms with E-state index in [1.807, 2.05) is 6.92 Å². The molecule has 24 heavy (non-hydrogen) atoms. The van der Waals surface area contributed by atoms with E-state index in [-0.39, 0.29) is 28.1 Å². The zero-order valence-electron chi connectivity index (χ0n) is 12.8. The summed E-state index contributed by atoms with van der Waals surface area (Å²) in [5, 5.41) is 1.88. The van der Waals surface area contributed by atoms with Crippen molar-refractivity contribution in [2.45, 2.75) is 16.7 Å². The third-order valence-corrected chi connectivity index (χ3v) is 6.49. The highest BCUT2D eigenvalue weighted by molar-refractivity contribution is 7.93. The van der Waals surface area contributed by atoms with Gasteiger partial charge in [-0.05, 0) is 31.2 Å². The van der Waals surface area contributed by atoms with Gasteiger partial charge in [0.2, 0.25) is 10.0 Å². The Balaban J connectivity index is 2.09. The average Bonchev–Trinajstić information content (AvgIpc) is 3.04. The molecule has 0 fully saturated rings. The second-order valence-electron chi connectivity index (χ2n) is 4.51. The van der Waals surface area contributed by atoms with Gasteiger partial charge < -0.3 is 4.74 Å². The minimum absolute atomic E-state index is 0.0211. The van der Waals surface area contributed by atoms with Crippen molar-refractivity contribution in [3.63, 3.8) is 0 Å². The van der Waals surface area contributed by atoms with Gasteiger partial charge in [0.1, 0.15) is 0 Å². The van der Waals surface area contributed by atoms with E-state index < -0.39 is 20.0 Å². The zero-order chi connectivity index (χ0) is 17.6. The van der Waals surface area contributed by atoms with Gasteiger partial charge in [0.05, 0.1) is 16.4 Å². The standard InChI is InChI=1S/C13H17N3O5S3/c1-2-21-9-7-15-23(17,18)11-3-5-12(6-4-11)24(19,20)16-13-14-8-10-22-13/h3-6,8,10,15H,2,7,9H2,1H3,(H,14,16). The first-order chi connectivity index (χ1) is 11.3. The zero-order valence-corrected chi connectivity index (χ0v) is 15.2. The summed E-state index contributed by atoms with van der Waals surface area (Å²) in [7, 11) is -7.52. The summed E-state index contributed by atoms with van der Waals surface area (Å²) in [6, 6.07) is 4.93. The molecule has 0 unspecified atom stereocenters. The van der Waals surface area contributed by atoms with Crippen LogP contribution in [-0.2, 0) is 24.8 Å². The summed E-state index contributed by atoms with van der Waals surface area (Å²) in [6.07, 6.45) is 1.48. The highest BCUT2D eigenvalue weighted by Gasteiger charge is 2.18. The van der Waals surface area contributed by atoms with Crippen molar-refractivity contribution in [2.75, 3.05) is 24.5 Å². The molecule has 0 aliphatic heterocycles. The van der Waals surface area contributed by atoms with Gasteiger partial charge >= 0.3 is 0 Å². The van der Waals surface area contributed by atoms with Gasteiger partial charge in [-0.15, -0.1) is 11.3 Å². The van der Waals surface area contributed by atoms with Gasteiger partial charge in [-0.1, -0.05) is 0 Å². The van der Waals surface area contributed by atoms with Crippen LogP contribution >= 0.6 is 11.3 Å². The Morgan fingerprint density at radius 2 is 1.71 bits per heavy atom. The van der Waals surface area contributed by atoms with Crippen LogP contribution in [0, 0.1) is 0 Å². The molecule has 0 saturated heterocycles. The van der Waals surface area contributed by atoms with Crippen LogP contribution in [0.3, 0.4) is 0 Å². The van der Waals surface area contributed by atoms with E-state index in [1.165, 1.54) is 30.5 Å². The molecule has 1 aromatic carbocycles. The first-order valence-electron chi connectivity index (χ1n) is 6.95. The molecular formula is C13H17N3O5S3. The second-order valence-corrected chi connectivity index (χ2v) is 8.85. The number of thiazole rings is 1. The van der Waals surface area contributed by atoms with Crippen molar-refractivity contribution in [1.82, 2.24) is 9.71 Å². The summed E-state index contributed by atoms with van der Waals surface area (Å²) >= 11 is 1.15. The SMILES string of the molecule is CCOCCNS(=O)(=O)c1ccc(S(=O)(=O)Nc2nccs2)cc1. The van der Waals surface area contributed by atoms with Gasteiger partial charge in [0, 0.05) is 24.7 Å². The Hall–Kier alpha value is -1.53. The van der Waals surface area contributed by atoms with Gasteiger partial charge in [-0.25, -0.2) is 26.5 Å². The van der Waals surface area contributed by atoms with Crippen molar-refractivity contribution in [1.29, 1.82) is 0 Å². The Morgan fingerprint density at radius 3 is 2.25 bits per heavy atom. The number of rotatable bonds is 9. The van der Waals surface area contributed by atoms with Crippen LogP contribution in [0.4, 0.5) is 5.13 Å². The maximum atomic E-state index is 12.2. The molecule has 8 nitrogen and oxygen atoms in total. The number of ether oxygens (including phenoxy) is 1. The molecule has 0 saturated carbocycles. The lowest BCUT2D eigenvalue weighted by molar-refractivity contribution is 0.153. The Bertz CT molecular complexity index is 847. The molecule has 1 heterocycles. The summed E-state index contributed by atoms with van der Waals surface area (Å²) in [6.45, 7) is 2.72. The number of nitrogens with one attached hydrogen (secondary N) is 2. The molecule has 0 radical (unpaired) electrons. The fourth-order valence-corrected chi connectivity index (χ4v) is 4.52. The van der Waals surface area contributed by atoms with Crippen molar-refractivity contribution < 1.29 is 21.6 Å². The quantitative estimate of drug-likeness (QED) is 0.622. The number of aromatic nitrogens is 1. The van der Waals surface area contributed by atoms with Crippen molar-refractivity contribution >= 4 is 36.5 Å². The number of sulfonamides is 2. The lowest BCUT2D eigenvalue weighted by atomic mass is 10.4. The van der Waals surface area contributed by atoms with Crippen LogP contribution in [0.5, 0.6) is 0 Å². The highest BCUT2D eigenvalue weighted by atomic mass is 32.2. The van der Waals surface area contributed by atoms with Crippen LogP contribution in [0.1, 0.15) is 6.92 Å². The number of benzene rings is 1. The van der Waals surface area contributed by atoms with Gasteiger partial charge in [-0.3, -0.25) is 4.72 Å². The number of hydrogen-bond donors (Lipinski definition) is 2. The van der Waals surface area contributed by atoms with Crippen LogP contribution in [0.25, 0.3) is 0 Å². The molecule has 1 aromatic heterocycles. The van der Waals surface area contributed by atoms with Crippen LogP contribution in [0.15, 0.2) is 45.6 Å². The summed E-state index contributed by atoms with van der Waals surface area (Å²) in [5.74, 6) is 0. The summed E-state index contributed by atoms with van der Waals surface area (Å²) < 4.78 is 58.3. The average molecular weight is 391 g/mol. The fourth-order valence-electron chi connectivity index (χ4n) is 1.72. The molecule has 0 bridgehead atoms. The number of nitrogens with zero attached hydrogens (tertiary/aromatic N) is 1. The number of hydrogen-bond acceptors (Lipinski definition) is 7. The molecule has 2 rings (SSSR count). The molecule has 0 aliphatic carbocycles. The van der Waals surface area contributed by atoms with Crippen LogP contribution < -0.4 is 9.44 Å². The van der Waals surface area contributed by atoms with E-state index in [2.05, 4.69) is 14.4 Å². The Labute approximate surface area is 145 Å². The smallest absolute Gasteiger partial charge is 0.263 e. The normalized spacial score (nSPS) is 12.2. The Kier molecular flexibility index (Phi) is 6.29. The third kappa shape index (κ3) is 4.98. The van der Waals surface area contributed by atoms with Gasteiger partial charge in [-0.2, -0.15) is 0 Å². The van der Waals surface area contributed by atoms with Gasteiger partial charge in [0.25, 0.3) is 10.0 Å². The van der Waals surface area contributed by atoms with Crippen molar-refractivity contribution in [2.24, 2.45) is 0 Å². The summed E-state index contributed by atoms with van der Waals surface area (Å²) in [4.78, 5) is 3.77. The van der Waals surface area contributed by atoms with E-state index in [0.29, 0.717) is 6.61 Å². The van der Waals surface area contributed by atoms with Gasteiger partial charge in [0.15, 0.2) is 5.13 Å². The molecule has 2 aromatic rings. The minimum atomic E-state index is -3.81. The predicted molar refractivity (Wildman–Crippen MR) is 91.0 cm³/mol. The molecule has 11 heteroatoms. The van der Waals surface area contributed by atoms with E-state index in [9.17, 15) is 16.8 Å². The van der Waals surface area contributed by atoms with Crippen LogP contribution in [-0.4, -0.2) is 41.6 Å². The molecule has 132 valence electrons. The molecule has 0 atom stereocenters. The lowest BCUT2D eigenvalue weighted by Crippen LogP contribution is -2.27. The van der Waals surface area contributed by atoms with E-state index >= 15 is 0 Å². The highest BCUT2D eigenvalue weighted by Crippen LogP contribution is 2.19. The second kappa shape index (κ2) is 8.03. The monoisotopic (exact) mass is 391 g/mol. The van der Waals surface area contributed by atoms with Crippen molar-refractivity contribution in [3.8, 4) is 0 Å². The molecular weight excluding hydrogens is 374 g/mol. The molecule has 0 spiro atoms. The fraction of sp³-hybridized carbons (Fsp3) is 0.308. The van der Waals surface area contributed by atoms with E-state index in [4.69, 9.17) is 4.74 Å². The largest absolute Gasteiger partial charge is 0.380 e. The third-order valence-electron chi connectivity index (χ3n) is 2.84. The van der Waals surface area contributed by atoms with E-state index in [1.54, 1.807) is 5.38 Å². The number of anilines is 1. The predicted octanol–water partition coefficient (Wildman–Crippen LogP) is 1.26. The maximum absolute atomic E-state index is 12.2. The first kappa shape index (κ1) is 18.8. The Morgan fingerprint density at radius 1 is 1.08 bits per heavy atom. The summed E-state index contributed by atoms with van der Waals surface area (Å²) in [5.41, 5.74) is 0. The maximum Gasteiger partial charge on any atom is 0.263 e. The molecule has 0 aliphatic rings. The van der Waals surface area contributed by atoms with E-state index in [0.717, 1.165) is 11.3 Å². The minimum Gasteiger partial charge on any atom is -0.380 e. The van der Waals surface area contributed by atoms with Crippen molar-refractivity contribution in [3.05, 3.63) is 35.8 Å². The van der Waals surface area contributed by atoms with Crippen LogP contribution in [0.2, 0.25) is 0 Å². The first-order valence-corrected chi connectivity index (χ1v) is 10.8. The topological polar surface area (TPSA) is 114 Å². The molecule has 0 amide bonds.